The molecule has 0 bridgehead atoms. The minimum atomic E-state index is 0.289. The van der Waals surface area contributed by atoms with E-state index in [1.54, 1.807) is 0 Å². The van der Waals surface area contributed by atoms with Gasteiger partial charge in [0.2, 0.25) is 5.91 Å². The quantitative estimate of drug-likeness (QED) is 0.613. The van der Waals surface area contributed by atoms with Crippen molar-refractivity contribution in [2.45, 2.75) is 38.6 Å². The summed E-state index contributed by atoms with van der Waals surface area (Å²) in [4.78, 5) is 13.5. The molecule has 2 rings (SSSR count). The van der Waals surface area contributed by atoms with Crippen LogP contribution in [0.4, 0.5) is 0 Å². The molecule has 1 fully saturated rings. The van der Waals surface area contributed by atoms with Gasteiger partial charge in [-0.1, -0.05) is 31.6 Å². The molecule has 2 heteroatoms. The largest absolute Gasteiger partial charge is 0.332 e. The second-order valence-corrected chi connectivity index (χ2v) is 3.98. The fourth-order valence-corrected chi connectivity index (χ4v) is 2.21. The van der Waals surface area contributed by atoms with Crippen LogP contribution in [0, 0.1) is 0 Å². The minimum absolute atomic E-state index is 0.289. The molecule has 1 amide bonds. The maximum Gasteiger partial charge on any atom is 0.227 e. The van der Waals surface area contributed by atoms with Gasteiger partial charge in [-0.2, -0.15) is 0 Å². The fraction of sp³-hybridized carbons (Fsp3) is 0.583. The zero-order valence-corrected chi connectivity index (χ0v) is 8.70. The molecule has 14 heavy (non-hydrogen) atoms. The van der Waals surface area contributed by atoms with E-state index in [1.165, 1.54) is 12.0 Å². The topological polar surface area (TPSA) is 20.3 Å². The molecule has 1 atom stereocenters. The number of carbonyl (C=O) groups is 1. The molecule has 2 nitrogen and oxygen atoms in total. The number of rotatable bonds is 2. The second kappa shape index (κ2) is 3.99. The first-order valence-electron chi connectivity index (χ1n) is 5.48. The third-order valence-electron chi connectivity index (χ3n) is 2.98. The van der Waals surface area contributed by atoms with E-state index in [1.807, 2.05) is 11.0 Å². The van der Waals surface area contributed by atoms with Crippen molar-refractivity contribution >= 4 is 5.91 Å². The molecule has 0 aromatic carbocycles. The van der Waals surface area contributed by atoms with Gasteiger partial charge in [0.05, 0.1) is 6.04 Å². The maximum atomic E-state index is 11.5. The molecule has 0 spiro atoms. The number of unbranched alkanes of at least 4 members (excludes halogenated alkanes) is 1. The van der Waals surface area contributed by atoms with Crippen LogP contribution < -0.4 is 0 Å². The Morgan fingerprint density at radius 1 is 1.64 bits per heavy atom. The van der Waals surface area contributed by atoms with E-state index < -0.39 is 0 Å². The zero-order chi connectivity index (χ0) is 9.97. The van der Waals surface area contributed by atoms with Crippen LogP contribution in [0.3, 0.4) is 0 Å². The van der Waals surface area contributed by atoms with E-state index in [0.717, 1.165) is 19.4 Å². The van der Waals surface area contributed by atoms with Crippen molar-refractivity contribution in [1.29, 1.82) is 0 Å². The van der Waals surface area contributed by atoms with Crippen molar-refractivity contribution in [3.8, 4) is 0 Å². The highest BCUT2D eigenvalue weighted by Gasteiger charge is 2.31. The molecule has 76 valence electrons. The normalized spacial score (nSPS) is 28.6. The summed E-state index contributed by atoms with van der Waals surface area (Å²) in [7, 11) is 0. The van der Waals surface area contributed by atoms with Crippen molar-refractivity contribution in [3.63, 3.8) is 0 Å². The Hall–Kier alpha value is -1.05. The van der Waals surface area contributed by atoms with Crippen LogP contribution in [0.5, 0.6) is 0 Å². The average Bonchev–Trinajstić information content (AvgIpc) is 2.60. The lowest BCUT2D eigenvalue weighted by molar-refractivity contribution is -0.130. The number of nitrogens with zero attached hydrogens (tertiary/aromatic N) is 1. The van der Waals surface area contributed by atoms with Gasteiger partial charge in [-0.15, -0.1) is 0 Å². The van der Waals surface area contributed by atoms with Gasteiger partial charge in [-0.25, -0.2) is 0 Å². The Morgan fingerprint density at radius 3 is 3.29 bits per heavy atom. The van der Waals surface area contributed by atoms with Gasteiger partial charge < -0.3 is 4.90 Å². The van der Waals surface area contributed by atoms with Crippen molar-refractivity contribution < 1.29 is 4.79 Å². The number of hydrogen-bond donors (Lipinski definition) is 0. The molecule has 0 saturated carbocycles. The fourth-order valence-electron chi connectivity index (χ4n) is 2.21. The number of carbonyl (C=O) groups excluding carboxylic acids is 1. The van der Waals surface area contributed by atoms with Crippen molar-refractivity contribution in [3.05, 3.63) is 23.8 Å². The minimum Gasteiger partial charge on any atom is -0.332 e. The van der Waals surface area contributed by atoms with Gasteiger partial charge >= 0.3 is 0 Å². The number of fused-ring (bicyclic) bond motifs is 1. The van der Waals surface area contributed by atoms with Gasteiger partial charge in [-0.3, -0.25) is 4.79 Å². The van der Waals surface area contributed by atoms with E-state index in [2.05, 4.69) is 19.1 Å². The molecule has 0 aromatic heterocycles. The van der Waals surface area contributed by atoms with Crippen molar-refractivity contribution in [2.24, 2.45) is 0 Å². The first-order valence-corrected chi connectivity index (χ1v) is 5.48. The molecular weight excluding hydrogens is 174 g/mol. The number of allylic oxidation sites excluding steroid dienone is 1. The van der Waals surface area contributed by atoms with E-state index in [-0.39, 0.29) is 5.91 Å². The van der Waals surface area contributed by atoms with E-state index in [4.69, 9.17) is 0 Å². The van der Waals surface area contributed by atoms with Crippen LogP contribution in [-0.4, -0.2) is 23.4 Å². The maximum absolute atomic E-state index is 11.5. The standard InChI is InChI=1S/C12H17NO/c1-2-3-5-10-8-9-13-11(10)6-4-7-12(13)14/h4-6,11H,2-3,7-9H2,1H3/b10-5+. The highest BCUT2D eigenvalue weighted by Crippen LogP contribution is 2.28. The third-order valence-corrected chi connectivity index (χ3v) is 2.98. The van der Waals surface area contributed by atoms with Crippen LogP contribution in [0.15, 0.2) is 23.8 Å². The Morgan fingerprint density at radius 2 is 2.50 bits per heavy atom. The van der Waals surface area contributed by atoms with Crippen LogP contribution in [0.25, 0.3) is 0 Å². The van der Waals surface area contributed by atoms with Gasteiger partial charge in [-0.05, 0) is 18.4 Å². The number of hydrogen-bond acceptors (Lipinski definition) is 1. The molecular formula is C12H17NO. The molecule has 1 saturated heterocycles. The van der Waals surface area contributed by atoms with Gasteiger partial charge in [0, 0.05) is 13.0 Å². The average molecular weight is 191 g/mol. The summed E-state index contributed by atoms with van der Waals surface area (Å²) in [6.45, 7) is 3.11. The second-order valence-electron chi connectivity index (χ2n) is 3.98. The van der Waals surface area contributed by atoms with Crippen LogP contribution >= 0.6 is 0 Å². The van der Waals surface area contributed by atoms with E-state index >= 15 is 0 Å². The molecule has 2 heterocycles. The van der Waals surface area contributed by atoms with Gasteiger partial charge in [0.1, 0.15) is 0 Å². The SMILES string of the molecule is CCC/C=C1\CCN2C(=O)CC=CC12. The zero-order valence-electron chi connectivity index (χ0n) is 8.70. The Bertz CT molecular complexity index is 291. The smallest absolute Gasteiger partial charge is 0.227 e. The lowest BCUT2D eigenvalue weighted by atomic mass is 10.0. The van der Waals surface area contributed by atoms with Crippen LogP contribution in [0.2, 0.25) is 0 Å². The van der Waals surface area contributed by atoms with Crippen molar-refractivity contribution in [2.75, 3.05) is 6.54 Å². The highest BCUT2D eigenvalue weighted by atomic mass is 16.2. The third kappa shape index (κ3) is 1.61. The van der Waals surface area contributed by atoms with Crippen LogP contribution in [-0.2, 0) is 4.79 Å². The van der Waals surface area contributed by atoms with Gasteiger partial charge in [0.15, 0.2) is 0 Å². The summed E-state index contributed by atoms with van der Waals surface area (Å²) in [5, 5.41) is 0. The van der Waals surface area contributed by atoms with E-state index in [9.17, 15) is 4.79 Å². The molecule has 0 aromatic rings. The van der Waals surface area contributed by atoms with E-state index in [0.29, 0.717) is 12.5 Å². The Labute approximate surface area is 85.3 Å². The summed E-state index contributed by atoms with van der Waals surface area (Å²) in [6, 6.07) is 0.294. The number of amides is 1. The molecule has 0 aliphatic carbocycles. The molecule has 2 aliphatic heterocycles. The highest BCUT2D eigenvalue weighted by molar-refractivity contribution is 5.80. The Kier molecular flexibility index (Phi) is 2.71. The van der Waals surface area contributed by atoms with Crippen molar-refractivity contribution in [1.82, 2.24) is 4.90 Å². The predicted molar refractivity (Wildman–Crippen MR) is 56.9 cm³/mol. The Balaban J connectivity index is 2.14. The summed E-state index contributed by atoms with van der Waals surface area (Å²) < 4.78 is 0. The summed E-state index contributed by atoms with van der Waals surface area (Å²) in [6.07, 6.45) is 10.5. The lowest BCUT2D eigenvalue weighted by Gasteiger charge is -2.25. The summed E-state index contributed by atoms with van der Waals surface area (Å²) >= 11 is 0. The lowest BCUT2D eigenvalue weighted by Crippen LogP contribution is -2.36. The molecule has 1 unspecified atom stereocenters. The summed E-state index contributed by atoms with van der Waals surface area (Å²) in [5.74, 6) is 0.289. The van der Waals surface area contributed by atoms with Gasteiger partial charge in [0.25, 0.3) is 0 Å². The first-order chi connectivity index (χ1) is 6.83. The molecule has 0 radical (unpaired) electrons. The molecule has 0 N–H and O–H groups in total. The monoisotopic (exact) mass is 191 g/mol. The first kappa shape index (κ1) is 9.50. The summed E-state index contributed by atoms with van der Waals surface area (Å²) in [5.41, 5.74) is 1.44. The van der Waals surface area contributed by atoms with Crippen LogP contribution in [0.1, 0.15) is 32.6 Å². The predicted octanol–water partition coefficient (Wildman–Crippen LogP) is 2.27. The molecule has 2 aliphatic rings.